The Hall–Kier alpha value is -0.320. The highest BCUT2D eigenvalue weighted by Crippen LogP contribution is 2.28. The van der Waals surface area contributed by atoms with E-state index in [1.54, 1.807) is 0 Å². The lowest BCUT2D eigenvalue weighted by atomic mass is 10.1. The minimum atomic E-state index is -1.05. The van der Waals surface area contributed by atoms with Crippen molar-refractivity contribution in [2.24, 2.45) is 0 Å². The van der Waals surface area contributed by atoms with Gasteiger partial charge in [-0.1, -0.05) is 7.43 Å². The van der Waals surface area contributed by atoms with E-state index >= 15 is 0 Å². The summed E-state index contributed by atoms with van der Waals surface area (Å²) in [5.74, 6) is 0. The Morgan fingerprint density at radius 1 is 0.667 bits per heavy atom. The molecule has 0 saturated carbocycles. The normalized spacial score (nSPS) is 50.9. The van der Waals surface area contributed by atoms with Crippen LogP contribution in [-0.4, -0.2) is 82.8 Å². The Bertz CT molecular complexity index is 308. The first kappa shape index (κ1) is 17.0. The third kappa shape index (κ3) is 3.54. The predicted octanol–water partition coefficient (Wildman–Crippen LogP) is -1.66. The van der Waals surface area contributed by atoms with Crippen molar-refractivity contribution in [1.29, 1.82) is 0 Å². The van der Waals surface area contributed by atoms with Crippen LogP contribution in [0.25, 0.3) is 0 Å². The van der Waals surface area contributed by atoms with Gasteiger partial charge in [0.2, 0.25) is 0 Å². The van der Waals surface area contributed by atoms with Gasteiger partial charge in [0, 0.05) is 12.8 Å². The summed E-state index contributed by atoms with van der Waals surface area (Å²) in [5, 5.41) is 36.3. The minimum Gasteiger partial charge on any atom is -0.385 e. The van der Waals surface area contributed by atoms with E-state index < -0.39 is 24.8 Å². The number of rotatable bonds is 0. The number of fused-ring (bicyclic) bond motifs is 4. The van der Waals surface area contributed by atoms with E-state index in [-0.39, 0.29) is 31.8 Å². The lowest BCUT2D eigenvalue weighted by Crippen LogP contribution is -2.43. The monoisotopic (exact) mass is 308 g/mol. The van der Waals surface area contributed by atoms with Crippen molar-refractivity contribution in [3.63, 3.8) is 0 Å². The zero-order valence-corrected chi connectivity index (χ0v) is 10.9. The number of ether oxygens (including phenoxy) is 4. The first-order chi connectivity index (χ1) is 9.54. The van der Waals surface area contributed by atoms with Crippen molar-refractivity contribution in [2.75, 3.05) is 13.2 Å². The maximum atomic E-state index is 9.16. The van der Waals surface area contributed by atoms with E-state index in [2.05, 4.69) is 0 Å². The summed E-state index contributed by atoms with van der Waals surface area (Å²) in [6.07, 6.45) is -2.86. The molecule has 8 nitrogen and oxygen atoms in total. The summed E-state index contributed by atoms with van der Waals surface area (Å²) in [7, 11) is 0. The van der Waals surface area contributed by atoms with E-state index in [1.807, 2.05) is 0 Å². The molecule has 4 fully saturated rings. The predicted molar refractivity (Wildman–Crippen MR) is 69.2 cm³/mol. The van der Waals surface area contributed by atoms with E-state index in [0.29, 0.717) is 26.1 Å². The van der Waals surface area contributed by atoms with Crippen LogP contribution in [0.2, 0.25) is 0 Å². The van der Waals surface area contributed by atoms with Crippen molar-refractivity contribution in [3.8, 4) is 0 Å². The maximum absolute atomic E-state index is 9.16. The lowest BCUT2D eigenvalue weighted by molar-refractivity contribution is -0.211. The molecule has 4 saturated heterocycles. The fourth-order valence-corrected chi connectivity index (χ4v) is 2.84. The molecule has 4 unspecified atom stereocenters. The average molecular weight is 308 g/mol. The van der Waals surface area contributed by atoms with Crippen molar-refractivity contribution in [1.82, 2.24) is 0 Å². The standard InChI is InChI=1S/2C6H10O4.CH4/c2*7-5-4-1-3(2-9-4)10-6(5)8;/h2*3-8H,1-2H2;1H4/t2*3?,4-,5?,6+;/m11./s1. The molecule has 4 bridgehead atoms. The van der Waals surface area contributed by atoms with Crippen LogP contribution in [-0.2, 0) is 18.9 Å². The van der Waals surface area contributed by atoms with Crippen LogP contribution < -0.4 is 0 Å². The Labute approximate surface area is 123 Å². The quantitative estimate of drug-likeness (QED) is 0.420. The van der Waals surface area contributed by atoms with Gasteiger partial charge in [-0.05, 0) is 0 Å². The van der Waals surface area contributed by atoms with Crippen molar-refractivity contribution >= 4 is 0 Å². The summed E-state index contributed by atoms with van der Waals surface area (Å²) in [4.78, 5) is 0. The molecule has 4 N–H and O–H groups in total. The number of hydrogen-bond donors (Lipinski definition) is 4. The van der Waals surface area contributed by atoms with Crippen LogP contribution in [0.1, 0.15) is 20.3 Å². The average Bonchev–Trinajstić information content (AvgIpc) is 3.01. The van der Waals surface area contributed by atoms with Crippen LogP contribution in [0.4, 0.5) is 0 Å². The van der Waals surface area contributed by atoms with Gasteiger partial charge in [-0.25, -0.2) is 0 Å². The zero-order chi connectivity index (χ0) is 14.3. The molecule has 8 atom stereocenters. The molecule has 0 aromatic rings. The summed E-state index contributed by atoms with van der Waals surface area (Å²) >= 11 is 0. The fraction of sp³-hybridized carbons (Fsp3) is 1.00. The van der Waals surface area contributed by atoms with E-state index in [9.17, 15) is 0 Å². The first-order valence-electron chi connectivity index (χ1n) is 6.81. The molecule has 4 rings (SSSR count). The second-order valence-corrected chi connectivity index (χ2v) is 5.49. The molecule has 124 valence electrons. The maximum Gasteiger partial charge on any atom is 0.183 e. The van der Waals surface area contributed by atoms with Crippen molar-refractivity contribution in [2.45, 2.75) is 69.5 Å². The molecule has 4 aliphatic heterocycles. The van der Waals surface area contributed by atoms with Gasteiger partial charge in [0.25, 0.3) is 0 Å². The lowest BCUT2D eigenvalue weighted by Gasteiger charge is -2.27. The number of aliphatic hydroxyl groups excluding tert-OH is 4. The van der Waals surface area contributed by atoms with E-state index in [1.165, 1.54) is 0 Å². The van der Waals surface area contributed by atoms with E-state index in [0.717, 1.165) is 0 Å². The summed E-state index contributed by atoms with van der Waals surface area (Å²) in [5.41, 5.74) is 0. The third-order valence-corrected chi connectivity index (χ3v) is 3.99. The van der Waals surface area contributed by atoms with E-state index in [4.69, 9.17) is 39.4 Å². The van der Waals surface area contributed by atoms with Crippen LogP contribution in [0, 0.1) is 0 Å². The van der Waals surface area contributed by atoms with Gasteiger partial charge in [-0.2, -0.15) is 0 Å². The van der Waals surface area contributed by atoms with Crippen LogP contribution in [0.5, 0.6) is 0 Å². The Morgan fingerprint density at radius 3 is 1.43 bits per heavy atom. The molecule has 8 heteroatoms. The third-order valence-electron chi connectivity index (χ3n) is 3.99. The Balaban J connectivity index is 0.000000147. The van der Waals surface area contributed by atoms with Gasteiger partial charge in [0.05, 0.1) is 37.6 Å². The Kier molecular flexibility index (Phi) is 5.55. The molecular weight excluding hydrogens is 284 g/mol. The molecule has 0 aromatic carbocycles. The van der Waals surface area contributed by atoms with Gasteiger partial charge in [0.15, 0.2) is 12.6 Å². The Morgan fingerprint density at radius 2 is 1.05 bits per heavy atom. The summed E-state index contributed by atoms with van der Waals surface area (Å²) in [6.45, 7) is 0.998. The van der Waals surface area contributed by atoms with Crippen molar-refractivity contribution < 1.29 is 39.4 Å². The molecule has 0 aliphatic carbocycles. The molecule has 4 heterocycles. The van der Waals surface area contributed by atoms with Gasteiger partial charge >= 0.3 is 0 Å². The number of hydrogen-bond acceptors (Lipinski definition) is 8. The van der Waals surface area contributed by atoms with Gasteiger partial charge < -0.3 is 39.4 Å². The smallest absolute Gasteiger partial charge is 0.183 e. The van der Waals surface area contributed by atoms with Crippen LogP contribution >= 0.6 is 0 Å². The molecule has 0 spiro atoms. The van der Waals surface area contributed by atoms with Gasteiger partial charge in [-0.3, -0.25) is 0 Å². The molecule has 0 radical (unpaired) electrons. The SMILES string of the molecule is C.OC1[C@@H](O)OC2CO[C@@H]1C2.OC1[C@@H](O)OC2CO[C@@H]1C2. The topological polar surface area (TPSA) is 118 Å². The fourth-order valence-electron chi connectivity index (χ4n) is 2.84. The van der Waals surface area contributed by atoms with Gasteiger partial charge in [-0.15, -0.1) is 0 Å². The highest BCUT2D eigenvalue weighted by Gasteiger charge is 2.43. The minimum absolute atomic E-state index is 0. The molecule has 0 aromatic heterocycles. The first-order valence-corrected chi connectivity index (χ1v) is 6.81. The molecule has 4 aliphatic rings. The second kappa shape index (κ2) is 6.84. The summed E-state index contributed by atoms with van der Waals surface area (Å²) in [6, 6.07) is 0. The number of aliphatic hydroxyl groups is 4. The van der Waals surface area contributed by atoms with Crippen molar-refractivity contribution in [3.05, 3.63) is 0 Å². The van der Waals surface area contributed by atoms with Gasteiger partial charge in [0.1, 0.15) is 12.2 Å². The van der Waals surface area contributed by atoms with Crippen LogP contribution in [0.15, 0.2) is 0 Å². The molecular formula is C13H24O8. The zero-order valence-electron chi connectivity index (χ0n) is 10.9. The summed E-state index contributed by atoms with van der Waals surface area (Å²) < 4.78 is 20.2. The molecule has 0 amide bonds. The highest BCUT2D eigenvalue weighted by molar-refractivity contribution is 4.87. The second-order valence-electron chi connectivity index (χ2n) is 5.49. The molecule has 21 heavy (non-hydrogen) atoms. The highest BCUT2D eigenvalue weighted by atomic mass is 16.7. The largest absolute Gasteiger partial charge is 0.385 e. The van der Waals surface area contributed by atoms with Crippen LogP contribution in [0.3, 0.4) is 0 Å².